The molecular formula is C17H26N2O. The molecule has 3 heteroatoms. The monoisotopic (exact) mass is 274 g/mol. The Morgan fingerprint density at radius 3 is 2.50 bits per heavy atom. The van der Waals surface area contributed by atoms with E-state index in [1.807, 2.05) is 32.2 Å². The first-order valence-electron chi connectivity index (χ1n) is 7.50. The molecule has 110 valence electrons. The molecule has 1 aliphatic rings. The molecule has 1 saturated carbocycles. The van der Waals surface area contributed by atoms with Crippen molar-refractivity contribution in [3.05, 3.63) is 29.3 Å². The van der Waals surface area contributed by atoms with Crippen molar-refractivity contribution >= 4 is 11.6 Å². The van der Waals surface area contributed by atoms with Gasteiger partial charge in [0.15, 0.2) is 0 Å². The van der Waals surface area contributed by atoms with Crippen LogP contribution in [0.25, 0.3) is 0 Å². The largest absolute Gasteiger partial charge is 0.387 e. The SMILES string of the molecule is CNc1ccc(C)cc1C(=O)NC1CCC(C)(C)CC1. The molecule has 0 aromatic heterocycles. The van der Waals surface area contributed by atoms with E-state index in [0.29, 0.717) is 11.5 Å². The van der Waals surface area contributed by atoms with Gasteiger partial charge in [-0.05, 0) is 50.2 Å². The van der Waals surface area contributed by atoms with Gasteiger partial charge >= 0.3 is 0 Å². The minimum atomic E-state index is 0.0442. The number of hydrogen-bond acceptors (Lipinski definition) is 2. The highest BCUT2D eigenvalue weighted by Gasteiger charge is 2.28. The van der Waals surface area contributed by atoms with Crippen LogP contribution in [-0.2, 0) is 0 Å². The summed E-state index contributed by atoms with van der Waals surface area (Å²) < 4.78 is 0. The number of aryl methyl sites for hydroxylation is 1. The van der Waals surface area contributed by atoms with Crippen LogP contribution in [0.1, 0.15) is 55.5 Å². The molecule has 2 N–H and O–H groups in total. The summed E-state index contributed by atoms with van der Waals surface area (Å²) in [5, 5.41) is 6.29. The number of carbonyl (C=O) groups excluding carboxylic acids is 1. The lowest BCUT2D eigenvalue weighted by atomic mass is 9.75. The summed E-state index contributed by atoms with van der Waals surface area (Å²) in [5.41, 5.74) is 3.18. The van der Waals surface area contributed by atoms with Gasteiger partial charge in [0.25, 0.3) is 5.91 Å². The lowest BCUT2D eigenvalue weighted by molar-refractivity contribution is 0.0910. The fourth-order valence-electron chi connectivity index (χ4n) is 2.87. The third-order valence-corrected chi connectivity index (χ3v) is 4.36. The Kier molecular flexibility index (Phi) is 4.36. The van der Waals surface area contributed by atoms with Gasteiger partial charge < -0.3 is 10.6 Å². The fraction of sp³-hybridized carbons (Fsp3) is 0.588. The van der Waals surface area contributed by atoms with Crippen molar-refractivity contribution in [3.8, 4) is 0 Å². The molecule has 3 nitrogen and oxygen atoms in total. The smallest absolute Gasteiger partial charge is 0.253 e. The fourth-order valence-corrected chi connectivity index (χ4v) is 2.87. The Labute approximate surface area is 122 Å². The normalized spacial score (nSPS) is 18.6. The summed E-state index contributed by atoms with van der Waals surface area (Å²) >= 11 is 0. The van der Waals surface area contributed by atoms with Crippen LogP contribution in [0.15, 0.2) is 18.2 Å². The summed E-state index contributed by atoms with van der Waals surface area (Å²) in [6.07, 6.45) is 4.54. The van der Waals surface area contributed by atoms with Crippen molar-refractivity contribution in [2.45, 2.75) is 52.5 Å². The second kappa shape index (κ2) is 5.86. The van der Waals surface area contributed by atoms with E-state index in [1.165, 1.54) is 12.8 Å². The highest BCUT2D eigenvalue weighted by Crippen LogP contribution is 2.35. The minimum Gasteiger partial charge on any atom is -0.387 e. The quantitative estimate of drug-likeness (QED) is 0.881. The average Bonchev–Trinajstić information content (AvgIpc) is 2.41. The average molecular weight is 274 g/mol. The summed E-state index contributed by atoms with van der Waals surface area (Å²) in [4.78, 5) is 12.5. The van der Waals surface area contributed by atoms with Crippen LogP contribution in [0.3, 0.4) is 0 Å². The Hall–Kier alpha value is -1.51. The summed E-state index contributed by atoms with van der Waals surface area (Å²) in [6.45, 7) is 6.63. The van der Waals surface area contributed by atoms with Gasteiger partial charge in [0.05, 0.1) is 5.56 Å². The standard InChI is InChI=1S/C17H26N2O/c1-12-5-6-15(18-4)14(11-12)16(20)19-13-7-9-17(2,3)10-8-13/h5-6,11,13,18H,7-10H2,1-4H3,(H,19,20). The van der Waals surface area contributed by atoms with E-state index in [0.717, 1.165) is 29.7 Å². The third kappa shape index (κ3) is 3.53. The Morgan fingerprint density at radius 1 is 1.25 bits per heavy atom. The second-order valence-electron chi connectivity index (χ2n) is 6.71. The van der Waals surface area contributed by atoms with Crippen LogP contribution in [0, 0.1) is 12.3 Å². The van der Waals surface area contributed by atoms with Crippen LogP contribution in [0.2, 0.25) is 0 Å². The van der Waals surface area contributed by atoms with E-state index < -0.39 is 0 Å². The van der Waals surface area contributed by atoms with Gasteiger partial charge in [-0.2, -0.15) is 0 Å². The minimum absolute atomic E-state index is 0.0442. The van der Waals surface area contributed by atoms with Crippen molar-refractivity contribution in [2.24, 2.45) is 5.41 Å². The van der Waals surface area contributed by atoms with Crippen LogP contribution in [0.4, 0.5) is 5.69 Å². The molecule has 1 aliphatic carbocycles. The van der Waals surface area contributed by atoms with E-state index in [9.17, 15) is 4.79 Å². The first kappa shape index (κ1) is 14.9. The van der Waals surface area contributed by atoms with Gasteiger partial charge in [0.2, 0.25) is 0 Å². The molecule has 0 saturated heterocycles. The molecule has 0 unspecified atom stereocenters. The van der Waals surface area contributed by atoms with E-state index >= 15 is 0 Å². The molecule has 2 rings (SSSR count). The van der Waals surface area contributed by atoms with Crippen LogP contribution >= 0.6 is 0 Å². The molecule has 0 spiro atoms. The molecule has 1 amide bonds. The number of hydrogen-bond donors (Lipinski definition) is 2. The summed E-state index contributed by atoms with van der Waals surface area (Å²) in [6, 6.07) is 6.26. The molecule has 0 aliphatic heterocycles. The van der Waals surface area contributed by atoms with Crippen molar-refractivity contribution < 1.29 is 4.79 Å². The van der Waals surface area contributed by atoms with E-state index in [-0.39, 0.29) is 5.91 Å². The maximum Gasteiger partial charge on any atom is 0.253 e. The zero-order valence-electron chi connectivity index (χ0n) is 13.0. The number of benzene rings is 1. The number of rotatable bonds is 3. The highest BCUT2D eigenvalue weighted by molar-refractivity contribution is 6.00. The van der Waals surface area contributed by atoms with Gasteiger partial charge in [-0.1, -0.05) is 25.5 Å². The maximum absolute atomic E-state index is 12.5. The molecule has 1 aromatic carbocycles. The van der Waals surface area contributed by atoms with Gasteiger partial charge in [0.1, 0.15) is 0 Å². The summed E-state index contributed by atoms with van der Waals surface area (Å²) in [7, 11) is 1.85. The van der Waals surface area contributed by atoms with Gasteiger partial charge in [0, 0.05) is 18.8 Å². The highest BCUT2D eigenvalue weighted by atomic mass is 16.1. The lowest BCUT2D eigenvalue weighted by Gasteiger charge is -2.34. The molecule has 1 aromatic rings. The predicted octanol–water partition coefficient (Wildman–Crippen LogP) is 3.74. The van der Waals surface area contributed by atoms with Gasteiger partial charge in [-0.25, -0.2) is 0 Å². The number of carbonyl (C=O) groups is 1. The molecule has 0 radical (unpaired) electrons. The van der Waals surface area contributed by atoms with Crippen LogP contribution < -0.4 is 10.6 Å². The number of anilines is 1. The number of nitrogens with one attached hydrogen (secondary N) is 2. The molecule has 0 atom stereocenters. The molecule has 0 bridgehead atoms. The van der Waals surface area contributed by atoms with E-state index in [1.54, 1.807) is 0 Å². The lowest BCUT2D eigenvalue weighted by Crippen LogP contribution is -2.39. The second-order valence-corrected chi connectivity index (χ2v) is 6.71. The van der Waals surface area contributed by atoms with Gasteiger partial charge in [-0.3, -0.25) is 4.79 Å². The molecular weight excluding hydrogens is 248 g/mol. The molecule has 0 heterocycles. The van der Waals surface area contributed by atoms with Crippen LogP contribution in [0.5, 0.6) is 0 Å². The van der Waals surface area contributed by atoms with Crippen LogP contribution in [-0.4, -0.2) is 19.0 Å². The number of amides is 1. The van der Waals surface area contributed by atoms with Gasteiger partial charge in [-0.15, -0.1) is 0 Å². The first-order valence-corrected chi connectivity index (χ1v) is 7.50. The zero-order chi connectivity index (χ0) is 14.8. The maximum atomic E-state index is 12.5. The molecule has 1 fully saturated rings. The Bertz CT molecular complexity index is 484. The van der Waals surface area contributed by atoms with E-state index in [2.05, 4.69) is 24.5 Å². The van der Waals surface area contributed by atoms with Crippen molar-refractivity contribution in [3.63, 3.8) is 0 Å². The van der Waals surface area contributed by atoms with Crippen molar-refractivity contribution in [1.82, 2.24) is 5.32 Å². The van der Waals surface area contributed by atoms with Crippen molar-refractivity contribution in [1.29, 1.82) is 0 Å². The van der Waals surface area contributed by atoms with E-state index in [4.69, 9.17) is 0 Å². The van der Waals surface area contributed by atoms with Crippen molar-refractivity contribution in [2.75, 3.05) is 12.4 Å². The topological polar surface area (TPSA) is 41.1 Å². The Morgan fingerprint density at radius 2 is 1.90 bits per heavy atom. The molecule has 20 heavy (non-hydrogen) atoms. The first-order chi connectivity index (χ1) is 9.41. The summed E-state index contributed by atoms with van der Waals surface area (Å²) in [5.74, 6) is 0.0442. The third-order valence-electron chi connectivity index (χ3n) is 4.36. The predicted molar refractivity (Wildman–Crippen MR) is 84.2 cm³/mol. The Balaban J connectivity index is 2.04. The zero-order valence-corrected chi connectivity index (χ0v) is 13.0.